The number of hydrogen-bond donors (Lipinski definition) is 2. The SMILES string of the molecule is CC(C)C(CNC(=O)OC(C)(C)C)CNc1ccc(Br)nc1. The summed E-state index contributed by atoms with van der Waals surface area (Å²) >= 11 is 3.31. The van der Waals surface area contributed by atoms with Crippen molar-refractivity contribution in [3.8, 4) is 0 Å². The monoisotopic (exact) mass is 371 g/mol. The van der Waals surface area contributed by atoms with Crippen LogP contribution in [0.5, 0.6) is 0 Å². The van der Waals surface area contributed by atoms with E-state index in [1.54, 1.807) is 6.20 Å². The highest BCUT2D eigenvalue weighted by Crippen LogP contribution is 2.14. The number of halogens is 1. The Kier molecular flexibility index (Phi) is 7.13. The maximum absolute atomic E-state index is 11.7. The number of carbonyl (C=O) groups excluding carboxylic acids is 1. The van der Waals surface area contributed by atoms with Crippen LogP contribution in [0.25, 0.3) is 0 Å². The zero-order chi connectivity index (χ0) is 16.8. The summed E-state index contributed by atoms with van der Waals surface area (Å²) < 4.78 is 6.07. The van der Waals surface area contributed by atoms with Gasteiger partial charge in [-0.25, -0.2) is 9.78 Å². The van der Waals surface area contributed by atoms with Gasteiger partial charge in [-0.05, 0) is 60.7 Å². The lowest BCUT2D eigenvalue weighted by Crippen LogP contribution is -2.38. The van der Waals surface area contributed by atoms with Crippen LogP contribution in [0.3, 0.4) is 0 Å². The van der Waals surface area contributed by atoms with Crippen LogP contribution in [-0.4, -0.2) is 29.8 Å². The Morgan fingerprint density at radius 2 is 2.00 bits per heavy atom. The molecule has 6 heteroatoms. The zero-order valence-electron chi connectivity index (χ0n) is 13.9. The average molecular weight is 372 g/mol. The van der Waals surface area contributed by atoms with Crippen molar-refractivity contribution in [2.24, 2.45) is 11.8 Å². The third-order valence-electron chi connectivity index (χ3n) is 3.15. The molecular formula is C16H26BrN3O2. The van der Waals surface area contributed by atoms with E-state index in [1.165, 1.54) is 0 Å². The van der Waals surface area contributed by atoms with E-state index in [2.05, 4.69) is 45.4 Å². The molecule has 2 N–H and O–H groups in total. The Hall–Kier alpha value is -1.30. The first-order chi connectivity index (χ1) is 10.2. The normalized spacial score (nSPS) is 12.9. The summed E-state index contributed by atoms with van der Waals surface area (Å²) in [5, 5.41) is 6.19. The van der Waals surface area contributed by atoms with Crippen molar-refractivity contribution in [1.82, 2.24) is 10.3 Å². The van der Waals surface area contributed by atoms with Gasteiger partial charge in [0.2, 0.25) is 0 Å². The Bertz CT molecular complexity index is 469. The summed E-state index contributed by atoms with van der Waals surface area (Å²) in [7, 11) is 0. The van der Waals surface area contributed by atoms with E-state index >= 15 is 0 Å². The molecule has 0 aliphatic carbocycles. The van der Waals surface area contributed by atoms with Crippen LogP contribution in [0.2, 0.25) is 0 Å². The predicted molar refractivity (Wildman–Crippen MR) is 93.0 cm³/mol. The molecule has 5 nitrogen and oxygen atoms in total. The van der Waals surface area contributed by atoms with Crippen molar-refractivity contribution in [1.29, 1.82) is 0 Å². The van der Waals surface area contributed by atoms with Gasteiger partial charge in [-0.3, -0.25) is 0 Å². The molecule has 1 unspecified atom stereocenters. The largest absolute Gasteiger partial charge is 0.444 e. The lowest BCUT2D eigenvalue weighted by molar-refractivity contribution is 0.0516. The van der Waals surface area contributed by atoms with Crippen LogP contribution in [0.1, 0.15) is 34.6 Å². The summed E-state index contributed by atoms with van der Waals surface area (Å²) in [6.45, 7) is 11.2. The summed E-state index contributed by atoms with van der Waals surface area (Å²) in [5.41, 5.74) is 0.491. The summed E-state index contributed by atoms with van der Waals surface area (Å²) in [6.07, 6.45) is 1.41. The highest BCUT2D eigenvalue weighted by Gasteiger charge is 2.19. The standard InChI is InChI=1S/C16H26BrN3O2/c1-11(2)12(9-20-15(21)22-16(3,4)5)8-18-13-6-7-14(17)19-10-13/h6-7,10-12,18H,8-9H2,1-5H3,(H,20,21). The van der Waals surface area contributed by atoms with Crippen LogP contribution < -0.4 is 10.6 Å². The molecule has 1 heterocycles. The highest BCUT2D eigenvalue weighted by atomic mass is 79.9. The van der Waals surface area contributed by atoms with Gasteiger partial charge < -0.3 is 15.4 Å². The topological polar surface area (TPSA) is 63.2 Å². The van der Waals surface area contributed by atoms with Crippen molar-refractivity contribution >= 4 is 27.7 Å². The second kappa shape index (κ2) is 8.36. The number of nitrogens with zero attached hydrogens (tertiary/aromatic N) is 1. The Morgan fingerprint density at radius 3 is 2.50 bits per heavy atom. The number of amides is 1. The fourth-order valence-corrected chi connectivity index (χ4v) is 2.04. The summed E-state index contributed by atoms with van der Waals surface area (Å²) in [5.74, 6) is 0.738. The number of ether oxygens (including phenoxy) is 1. The molecule has 0 aliphatic heterocycles. The number of rotatable bonds is 6. The third kappa shape index (κ3) is 7.64. The van der Waals surface area contributed by atoms with Gasteiger partial charge in [0.15, 0.2) is 0 Å². The third-order valence-corrected chi connectivity index (χ3v) is 3.62. The maximum atomic E-state index is 11.7. The van der Waals surface area contributed by atoms with Crippen molar-refractivity contribution in [3.63, 3.8) is 0 Å². The van der Waals surface area contributed by atoms with E-state index in [9.17, 15) is 4.79 Å². The molecule has 1 aromatic rings. The summed E-state index contributed by atoms with van der Waals surface area (Å²) in [6, 6.07) is 3.86. The predicted octanol–water partition coefficient (Wildman–Crippen LogP) is 4.05. The molecule has 1 atom stereocenters. The molecule has 0 fully saturated rings. The van der Waals surface area contributed by atoms with Crippen LogP contribution in [0.15, 0.2) is 22.9 Å². The first-order valence-corrected chi connectivity index (χ1v) is 8.29. The van der Waals surface area contributed by atoms with Gasteiger partial charge in [0.1, 0.15) is 10.2 Å². The van der Waals surface area contributed by atoms with Gasteiger partial charge in [0.25, 0.3) is 0 Å². The molecule has 0 radical (unpaired) electrons. The number of nitrogens with one attached hydrogen (secondary N) is 2. The quantitative estimate of drug-likeness (QED) is 0.740. The van der Waals surface area contributed by atoms with Gasteiger partial charge in [0, 0.05) is 13.1 Å². The van der Waals surface area contributed by atoms with Crippen molar-refractivity contribution in [2.45, 2.75) is 40.2 Å². The van der Waals surface area contributed by atoms with Crippen molar-refractivity contribution in [2.75, 3.05) is 18.4 Å². The van der Waals surface area contributed by atoms with E-state index in [4.69, 9.17) is 4.74 Å². The number of alkyl carbamates (subject to hydrolysis) is 1. The molecule has 0 bridgehead atoms. The van der Waals surface area contributed by atoms with E-state index in [1.807, 2.05) is 32.9 Å². The van der Waals surface area contributed by atoms with Crippen molar-refractivity contribution < 1.29 is 9.53 Å². The minimum absolute atomic E-state index is 0.302. The second-order valence-corrected chi connectivity index (χ2v) is 7.45. The van der Waals surface area contributed by atoms with E-state index < -0.39 is 5.60 Å². The van der Waals surface area contributed by atoms with Crippen LogP contribution in [0.4, 0.5) is 10.5 Å². The Balaban J connectivity index is 2.45. The molecule has 0 spiro atoms. The van der Waals surface area contributed by atoms with Gasteiger partial charge in [-0.2, -0.15) is 0 Å². The smallest absolute Gasteiger partial charge is 0.407 e. The molecular weight excluding hydrogens is 346 g/mol. The Morgan fingerprint density at radius 1 is 1.32 bits per heavy atom. The number of aromatic nitrogens is 1. The highest BCUT2D eigenvalue weighted by molar-refractivity contribution is 9.10. The fourth-order valence-electron chi connectivity index (χ4n) is 1.80. The molecule has 22 heavy (non-hydrogen) atoms. The number of hydrogen-bond acceptors (Lipinski definition) is 4. The molecule has 1 rings (SSSR count). The maximum Gasteiger partial charge on any atom is 0.407 e. The Labute approximate surface area is 141 Å². The zero-order valence-corrected chi connectivity index (χ0v) is 15.5. The van der Waals surface area contributed by atoms with Crippen LogP contribution in [0, 0.1) is 11.8 Å². The fraction of sp³-hybridized carbons (Fsp3) is 0.625. The minimum Gasteiger partial charge on any atom is -0.444 e. The first kappa shape index (κ1) is 18.7. The van der Waals surface area contributed by atoms with Crippen LogP contribution in [-0.2, 0) is 4.74 Å². The summed E-state index contributed by atoms with van der Waals surface area (Å²) in [4.78, 5) is 15.9. The lowest BCUT2D eigenvalue weighted by atomic mass is 9.95. The average Bonchev–Trinajstić information content (AvgIpc) is 2.38. The molecule has 1 aromatic heterocycles. The van der Waals surface area contributed by atoms with E-state index in [0.717, 1.165) is 16.8 Å². The van der Waals surface area contributed by atoms with Gasteiger partial charge in [0.05, 0.1) is 11.9 Å². The first-order valence-electron chi connectivity index (χ1n) is 7.49. The molecule has 1 amide bonds. The van der Waals surface area contributed by atoms with E-state index in [-0.39, 0.29) is 6.09 Å². The molecule has 0 aromatic carbocycles. The second-order valence-electron chi connectivity index (χ2n) is 6.64. The molecule has 0 aliphatic rings. The number of pyridine rings is 1. The lowest BCUT2D eigenvalue weighted by Gasteiger charge is -2.24. The van der Waals surface area contributed by atoms with E-state index in [0.29, 0.717) is 18.4 Å². The van der Waals surface area contributed by atoms with Crippen LogP contribution >= 0.6 is 15.9 Å². The number of anilines is 1. The molecule has 124 valence electrons. The molecule has 0 saturated carbocycles. The van der Waals surface area contributed by atoms with Gasteiger partial charge in [-0.15, -0.1) is 0 Å². The minimum atomic E-state index is -0.473. The van der Waals surface area contributed by atoms with Crippen molar-refractivity contribution in [3.05, 3.63) is 22.9 Å². The number of carbonyl (C=O) groups is 1. The van der Waals surface area contributed by atoms with Gasteiger partial charge in [-0.1, -0.05) is 13.8 Å². The van der Waals surface area contributed by atoms with Gasteiger partial charge >= 0.3 is 6.09 Å². The molecule has 0 saturated heterocycles.